The van der Waals surface area contributed by atoms with Crippen LogP contribution >= 0.6 is 0 Å². The van der Waals surface area contributed by atoms with Gasteiger partial charge >= 0.3 is 5.97 Å². The SMILES string of the molecule is NC(N)=NCCCC(N)C(=O)NCC(=O)NC(CCCN=C(N)N)C(=O)NC(Cc1cnc[nH]1)C(=O)O. The summed E-state index contributed by atoms with van der Waals surface area (Å²) >= 11 is 0. The number of carboxylic acid groups (broad SMARTS) is 1. The van der Waals surface area contributed by atoms with E-state index >= 15 is 0 Å². The lowest BCUT2D eigenvalue weighted by Crippen LogP contribution is -2.54. The number of hydrogen-bond donors (Lipinski definition) is 10. The molecule has 0 radical (unpaired) electrons. The molecule has 1 heterocycles. The molecule has 37 heavy (non-hydrogen) atoms. The third-order valence-corrected chi connectivity index (χ3v) is 4.92. The molecule has 206 valence electrons. The number of carbonyl (C=O) groups is 4. The molecule has 0 saturated carbocycles. The summed E-state index contributed by atoms with van der Waals surface area (Å²) in [4.78, 5) is 63.3. The zero-order valence-electron chi connectivity index (χ0n) is 20.4. The van der Waals surface area contributed by atoms with Crippen molar-refractivity contribution >= 4 is 35.6 Å². The molecular formula is C20H36N12O5. The first-order valence-corrected chi connectivity index (χ1v) is 11.4. The van der Waals surface area contributed by atoms with Gasteiger partial charge in [0.2, 0.25) is 17.7 Å². The van der Waals surface area contributed by atoms with Gasteiger partial charge in [0, 0.05) is 31.4 Å². The molecule has 15 N–H and O–H groups in total. The third-order valence-electron chi connectivity index (χ3n) is 4.92. The largest absolute Gasteiger partial charge is 0.480 e. The lowest BCUT2D eigenvalue weighted by Gasteiger charge is -2.21. The maximum atomic E-state index is 12.9. The van der Waals surface area contributed by atoms with Crippen molar-refractivity contribution in [2.24, 2.45) is 38.7 Å². The van der Waals surface area contributed by atoms with Crippen molar-refractivity contribution in [1.29, 1.82) is 0 Å². The molecular weight excluding hydrogens is 488 g/mol. The number of imidazole rings is 1. The number of guanidine groups is 2. The molecule has 0 spiro atoms. The molecule has 1 rings (SSSR count). The van der Waals surface area contributed by atoms with Gasteiger partial charge in [-0.1, -0.05) is 0 Å². The number of nitrogens with two attached hydrogens (primary N) is 5. The highest BCUT2D eigenvalue weighted by atomic mass is 16.4. The van der Waals surface area contributed by atoms with Crippen LogP contribution in [0.5, 0.6) is 0 Å². The van der Waals surface area contributed by atoms with Gasteiger partial charge in [0.1, 0.15) is 12.1 Å². The van der Waals surface area contributed by atoms with Gasteiger partial charge in [-0.15, -0.1) is 0 Å². The van der Waals surface area contributed by atoms with E-state index in [-0.39, 0.29) is 37.7 Å². The number of aliphatic carboxylic acids is 1. The van der Waals surface area contributed by atoms with Crippen LogP contribution in [0.1, 0.15) is 31.4 Å². The smallest absolute Gasteiger partial charge is 0.326 e. The van der Waals surface area contributed by atoms with Crippen LogP contribution in [0.4, 0.5) is 0 Å². The Kier molecular flexibility index (Phi) is 13.5. The highest BCUT2D eigenvalue weighted by Gasteiger charge is 2.27. The summed E-state index contributed by atoms with van der Waals surface area (Å²) in [6.45, 7) is 0.0384. The molecule has 0 aliphatic carbocycles. The van der Waals surface area contributed by atoms with Crippen LogP contribution in [-0.2, 0) is 25.6 Å². The number of H-pyrrole nitrogens is 1. The van der Waals surface area contributed by atoms with Crippen molar-refractivity contribution in [2.45, 2.75) is 50.2 Å². The van der Waals surface area contributed by atoms with Gasteiger partial charge in [0.25, 0.3) is 0 Å². The summed E-state index contributed by atoms with van der Waals surface area (Å²) in [6.07, 6.45) is 3.92. The number of nitrogens with zero attached hydrogens (tertiary/aromatic N) is 3. The van der Waals surface area contributed by atoms with Crippen LogP contribution in [-0.4, -0.2) is 88.4 Å². The molecule has 0 aromatic carbocycles. The number of carbonyl (C=O) groups excluding carboxylic acids is 3. The van der Waals surface area contributed by atoms with Gasteiger partial charge in [-0.3, -0.25) is 24.4 Å². The van der Waals surface area contributed by atoms with Crippen molar-refractivity contribution in [3.63, 3.8) is 0 Å². The fourth-order valence-electron chi connectivity index (χ4n) is 3.06. The minimum atomic E-state index is -1.28. The predicted octanol–water partition coefficient (Wildman–Crippen LogP) is -4.44. The molecule has 17 nitrogen and oxygen atoms in total. The second-order valence-corrected chi connectivity index (χ2v) is 8.02. The molecule has 3 amide bonds. The predicted molar refractivity (Wildman–Crippen MR) is 135 cm³/mol. The second-order valence-electron chi connectivity index (χ2n) is 8.02. The average molecular weight is 525 g/mol. The molecule has 0 fully saturated rings. The monoisotopic (exact) mass is 524 g/mol. The first-order chi connectivity index (χ1) is 17.5. The Morgan fingerprint density at radius 2 is 1.57 bits per heavy atom. The van der Waals surface area contributed by atoms with Crippen LogP contribution in [0.3, 0.4) is 0 Å². The van der Waals surface area contributed by atoms with E-state index in [9.17, 15) is 24.3 Å². The third kappa shape index (κ3) is 13.3. The Hall–Kier alpha value is -4.41. The molecule has 3 atom stereocenters. The van der Waals surface area contributed by atoms with Crippen molar-refractivity contribution in [3.8, 4) is 0 Å². The first kappa shape index (κ1) is 30.6. The fourth-order valence-corrected chi connectivity index (χ4v) is 3.06. The highest BCUT2D eigenvalue weighted by Crippen LogP contribution is 2.03. The van der Waals surface area contributed by atoms with E-state index in [4.69, 9.17) is 28.7 Å². The number of aromatic amines is 1. The Labute approximate surface area is 213 Å². The van der Waals surface area contributed by atoms with Crippen LogP contribution < -0.4 is 44.6 Å². The Bertz CT molecular complexity index is 942. The average Bonchev–Trinajstić information content (AvgIpc) is 3.34. The minimum absolute atomic E-state index is 0.0487. The van der Waals surface area contributed by atoms with E-state index in [1.54, 1.807) is 0 Å². The van der Waals surface area contributed by atoms with Gasteiger partial charge in [-0.2, -0.15) is 0 Å². The number of nitrogens with one attached hydrogen (secondary N) is 4. The number of aromatic nitrogens is 2. The number of aliphatic imine (C=N–C) groups is 2. The number of hydrogen-bond acceptors (Lipinski definition) is 8. The van der Waals surface area contributed by atoms with Gasteiger partial charge in [0.15, 0.2) is 11.9 Å². The van der Waals surface area contributed by atoms with E-state index in [0.29, 0.717) is 25.1 Å². The van der Waals surface area contributed by atoms with E-state index in [0.717, 1.165) is 0 Å². The van der Waals surface area contributed by atoms with Crippen LogP contribution in [0.25, 0.3) is 0 Å². The quantitative estimate of drug-likeness (QED) is 0.0526. The normalized spacial score (nSPS) is 12.9. The van der Waals surface area contributed by atoms with E-state index < -0.39 is 48.4 Å². The van der Waals surface area contributed by atoms with Crippen molar-refractivity contribution < 1.29 is 24.3 Å². The van der Waals surface area contributed by atoms with Crippen molar-refractivity contribution in [3.05, 3.63) is 18.2 Å². The van der Waals surface area contributed by atoms with Crippen molar-refractivity contribution in [2.75, 3.05) is 19.6 Å². The minimum Gasteiger partial charge on any atom is -0.480 e. The maximum Gasteiger partial charge on any atom is 0.326 e. The van der Waals surface area contributed by atoms with Crippen LogP contribution in [0.2, 0.25) is 0 Å². The lowest BCUT2D eigenvalue weighted by atomic mass is 10.1. The molecule has 3 unspecified atom stereocenters. The molecule has 0 aliphatic rings. The molecule has 17 heteroatoms. The number of carboxylic acids is 1. The van der Waals surface area contributed by atoms with Gasteiger partial charge in [0.05, 0.1) is 18.9 Å². The molecule has 0 aliphatic heterocycles. The summed E-state index contributed by atoms with van der Waals surface area (Å²) < 4.78 is 0. The molecule has 0 bridgehead atoms. The highest BCUT2D eigenvalue weighted by molar-refractivity contribution is 5.92. The first-order valence-electron chi connectivity index (χ1n) is 11.4. The van der Waals surface area contributed by atoms with E-state index in [1.165, 1.54) is 12.5 Å². The zero-order valence-corrected chi connectivity index (χ0v) is 20.4. The van der Waals surface area contributed by atoms with Gasteiger partial charge < -0.3 is 54.7 Å². The maximum absolute atomic E-state index is 12.9. The topological polar surface area (TPSA) is 308 Å². The van der Waals surface area contributed by atoms with E-state index in [2.05, 4.69) is 35.9 Å². The zero-order chi connectivity index (χ0) is 27.8. The summed E-state index contributed by atoms with van der Waals surface area (Å²) in [5, 5.41) is 16.8. The van der Waals surface area contributed by atoms with E-state index in [1.807, 2.05) is 0 Å². The lowest BCUT2D eigenvalue weighted by molar-refractivity contribution is -0.142. The summed E-state index contributed by atoms with van der Waals surface area (Å²) in [5.74, 6) is -3.44. The van der Waals surface area contributed by atoms with Crippen LogP contribution in [0.15, 0.2) is 22.5 Å². The van der Waals surface area contributed by atoms with Gasteiger partial charge in [-0.05, 0) is 25.7 Å². The van der Waals surface area contributed by atoms with Crippen molar-refractivity contribution in [1.82, 2.24) is 25.9 Å². The summed E-state index contributed by atoms with van der Waals surface area (Å²) in [7, 11) is 0. The second kappa shape index (κ2) is 16.3. The molecule has 0 saturated heterocycles. The number of rotatable bonds is 17. The Morgan fingerprint density at radius 1 is 0.946 bits per heavy atom. The molecule has 1 aromatic rings. The standard InChI is InChI=1S/C20H36N12O5/c21-12(3-1-5-27-19(22)23)16(34)29-9-15(33)31-13(4-2-6-28-20(24)25)17(35)32-14(18(36)37)7-11-8-26-10-30-11/h8,10,12-14H,1-7,9,21H2,(H,26,30)(H,29,34)(H,31,33)(H,32,35)(H,36,37)(H4,22,23,27)(H4,24,25,28). The summed E-state index contributed by atoms with van der Waals surface area (Å²) in [5.41, 5.74) is 27.3. The number of amides is 3. The van der Waals surface area contributed by atoms with Crippen LogP contribution in [0, 0.1) is 0 Å². The van der Waals surface area contributed by atoms with Gasteiger partial charge in [-0.25, -0.2) is 9.78 Å². The fraction of sp³-hybridized carbons (Fsp3) is 0.550. The Balaban J connectivity index is 2.70. The Morgan fingerprint density at radius 3 is 2.11 bits per heavy atom. The molecule has 1 aromatic heterocycles. The summed E-state index contributed by atoms with van der Waals surface area (Å²) in [6, 6.07) is -3.28.